The van der Waals surface area contributed by atoms with E-state index in [9.17, 15) is 0 Å². The van der Waals surface area contributed by atoms with Gasteiger partial charge in [0.1, 0.15) is 6.34 Å². The van der Waals surface area contributed by atoms with Crippen molar-refractivity contribution in [3.05, 3.63) is 30.1 Å². The Morgan fingerprint density at radius 2 is 2.33 bits per heavy atom. The summed E-state index contributed by atoms with van der Waals surface area (Å²) in [4.78, 5) is 9.66. The van der Waals surface area contributed by atoms with Gasteiger partial charge < -0.3 is 4.90 Å². The Bertz CT molecular complexity index is 379. The van der Waals surface area contributed by atoms with Crippen molar-refractivity contribution in [1.29, 1.82) is 5.26 Å². The van der Waals surface area contributed by atoms with Gasteiger partial charge >= 0.3 is 0 Å². The van der Waals surface area contributed by atoms with E-state index in [-0.39, 0.29) is 0 Å². The Labute approximate surface area is 88.9 Å². The lowest BCUT2D eigenvalue weighted by Gasteiger charge is -2.11. The molecule has 0 aliphatic carbocycles. The van der Waals surface area contributed by atoms with Crippen LogP contribution in [0.25, 0.3) is 0 Å². The molecule has 2 rings (SSSR count). The van der Waals surface area contributed by atoms with Crippen LogP contribution in [0.15, 0.2) is 29.5 Å². The van der Waals surface area contributed by atoms with Gasteiger partial charge in [-0.25, -0.2) is 0 Å². The molecule has 4 nitrogen and oxygen atoms in total. The average molecular weight is 200 g/mol. The second-order valence-electron chi connectivity index (χ2n) is 3.61. The van der Waals surface area contributed by atoms with Gasteiger partial charge in [0.15, 0.2) is 0 Å². The highest BCUT2D eigenvalue weighted by molar-refractivity contribution is 5.57. The van der Waals surface area contributed by atoms with E-state index < -0.39 is 0 Å². The molecule has 1 aromatic rings. The number of nitrogens with zero attached hydrogens (tertiary/aromatic N) is 4. The summed E-state index contributed by atoms with van der Waals surface area (Å²) in [6, 6.07) is 4.10. The largest absolute Gasteiger partial charge is 0.361 e. The van der Waals surface area contributed by atoms with Crippen molar-refractivity contribution in [3.8, 4) is 6.19 Å². The first-order valence-electron chi connectivity index (χ1n) is 4.96. The third-order valence-corrected chi connectivity index (χ3v) is 2.68. The Morgan fingerprint density at radius 3 is 3.07 bits per heavy atom. The molecular weight excluding hydrogens is 188 g/mol. The van der Waals surface area contributed by atoms with Gasteiger partial charge in [0.25, 0.3) is 0 Å². The number of aromatic nitrogens is 1. The SMILES string of the molecule is N#CN=CN1CCC(c2ccncc2)C1. The molecule has 15 heavy (non-hydrogen) atoms. The van der Waals surface area contributed by atoms with Crippen molar-refractivity contribution < 1.29 is 0 Å². The van der Waals surface area contributed by atoms with Crippen molar-refractivity contribution >= 4 is 6.34 Å². The number of likely N-dealkylation sites (tertiary alicyclic amines) is 1. The molecule has 1 aliphatic heterocycles. The van der Waals surface area contributed by atoms with E-state index in [2.05, 4.69) is 27.0 Å². The summed E-state index contributed by atoms with van der Waals surface area (Å²) in [6.45, 7) is 1.91. The predicted octanol–water partition coefficient (Wildman–Crippen LogP) is 1.38. The van der Waals surface area contributed by atoms with Crippen LogP contribution in [0.4, 0.5) is 0 Å². The second kappa shape index (κ2) is 4.56. The van der Waals surface area contributed by atoms with Gasteiger partial charge in [-0.3, -0.25) is 4.98 Å². The van der Waals surface area contributed by atoms with Crippen molar-refractivity contribution in [2.24, 2.45) is 4.99 Å². The van der Waals surface area contributed by atoms with E-state index >= 15 is 0 Å². The van der Waals surface area contributed by atoms with Crippen LogP contribution >= 0.6 is 0 Å². The van der Waals surface area contributed by atoms with Gasteiger partial charge in [0, 0.05) is 31.4 Å². The fourth-order valence-corrected chi connectivity index (χ4v) is 1.91. The highest BCUT2D eigenvalue weighted by atomic mass is 15.2. The maximum absolute atomic E-state index is 8.33. The zero-order valence-electron chi connectivity index (χ0n) is 8.37. The molecule has 0 radical (unpaired) electrons. The minimum absolute atomic E-state index is 0.540. The fourth-order valence-electron chi connectivity index (χ4n) is 1.91. The molecule has 1 atom stereocenters. The predicted molar refractivity (Wildman–Crippen MR) is 57.3 cm³/mol. The Kier molecular flexibility index (Phi) is 2.93. The molecule has 1 saturated heterocycles. The highest BCUT2D eigenvalue weighted by Crippen LogP contribution is 2.25. The van der Waals surface area contributed by atoms with Crippen LogP contribution in [0.2, 0.25) is 0 Å². The van der Waals surface area contributed by atoms with Crippen LogP contribution in [0.5, 0.6) is 0 Å². The summed E-state index contributed by atoms with van der Waals surface area (Å²) in [5, 5.41) is 8.33. The number of nitriles is 1. The molecule has 1 fully saturated rings. The minimum Gasteiger partial charge on any atom is -0.361 e. The van der Waals surface area contributed by atoms with Crippen molar-refractivity contribution in [2.75, 3.05) is 13.1 Å². The molecule has 4 heteroatoms. The Hall–Kier alpha value is -1.89. The summed E-state index contributed by atoms with van der Waals surface area (Å²) in [6.07, 6.45) is 8.15. The van der Waals surface area contributed by atoms with Gasteiger partial charge in [0.2, 0.25) is 6.19 Å². The van der Waals surface area contributed by atoms with Crippen LogP contribution in [0.3, 0.4) is 0 Å². The van der Waals surface area contributed by atoms with Crippen molar-refractivity contribution in [3.63, 3.8) is 0 Å². The number of pyridine rings is 1. The second-order valence-corrected chi connectivity index (χ2v) is 3.61. The molecule has 0 N–H and O–H groups in total. The molecule has 0 aromatic carbocycles. The van der Waals surface area contributed by atoms with Gasteiger partial charge in [-0.2, -0.15) is 10.3 Å². The van der Waals surface area contributed by atoms with Crippen LogP contribution < -0.4 is 0 Å². The van der Waals surface area contributed by atoms with Gasteiger partial charge in [-0.1, -0.05) is 0 Å². The first kappa shape index (κ1) is 9.66. The topological polar surface area (TPSA) is 52.3 Å². The molecule has 1 aliphatic rings. The zero-order valence-corrected chi connectivity index (χ0v) is 8.37. The maximum atomic E-state index is 8.33. The fraction of sp³-hybridized carbons (Fsp3) is 0.364. The molecular formula is C11H12N4. The minimum atomic E-state index is 0.540. The molecule has 76 valence electrons. The van der Waals surface area contributed by atoms with Crippen LogP contribution in [-0.4, -0.2) is 29.3 Å². The monoisotopic (exact) mass is 200 g/mol. The highest BCUT2D eigenvalue weighted by Gasteiger charge is 2.21. The molecule has 1 aromatic heterocycles. The van der Waals surface area contributed by atoms with E-state index in [1.165, 1.54) is 5.56 Å². The third-order valence-electron chi connectivity index (χ3n) is 2.68. The summed E-state index contributed by atoms with van der Waals surface area (Å²) in [5.41, 5.74) is 1.32. The smallest absolute Gasteiger partial charge is 0.207 e. The van der Waals surface area contributed by atoms with E-state index in [0.717, 1.165) is 19.5 Å². The molecule has 0 amide bonds. The molecule has 1 unspecified atom stereocenters. The number of hydrogen-bond donors (Lipinski definition) is 0. The molecule has 2 heterocycles. The van der Waals surface area contributed by atoms with E-state index in [1.54, 1.807) is 12.5 Å². The number of aliphatic imine (C=N–C) groups is 1. The van der Waals surface area contributed by atoms with Gasteiger partial charge in [-0.15, -0.1) is 0 Å². The first-order valence-corrected chi connectivity index (χ1v) is 4.96. The normalized spacial score (nSPS) is 20.7. The van der Waals surface area contributed by atoms with Crippen LogP contribution in [0.1, 0.15) is 17.9 Å². The lowest BCUT2D eigenvalue weighted by Crippen LogP contribution is -2.17. The lowest BCUT2D eigenvalue weighted by atomic mass is 10.0. The quantitative estimate of drug-likeness (QED) is 0.411. The van der Waals surface area contributed by atoms with Crippen LogP contribution in [0, 0.1) is 11.5 Å². The number of rotatable bonds is 2. The van der Waals surface area contributed by atoms with Crippen LogP contribution in [-0.2, 0) is 0 Å². The molecule has 0 bridgehead atoms. The average Bonchev–Trinajstić information content (AvgIpc) is 2.76. The Balaban J connectivity index is 1.99. The lowest BCUT2D eigenvalue weighted by molar-refractivity contribution is 0.526. The third kappa shape index (κ3) is 2.32. The first-order chi connectivity index (χ1) is 7.40. The van der Waals surface area contributed by atoms with Crippen molar-refractivity contribution in [1.82, 2.24) is 9.88 Å². The van der Waals surface area contributed by atoms with Crippen molar-refractivity contribution in [2.45, 2.75) is 12.3 Å². The maximum Gasteiger partial charge on any atom is 0.207 e. The Morgan fingerprint density at radius 1 is 1.53 bits per heavy atom. The van der Waals surface area contributed by atoms with Gasteiger partial charge in [0.05, 0.1) is 0 Å². The zero-order chi connectivity index (χ0) is 10.5. The molecule has 0 saturated carbocycles. The standard InChI is InChI=1S/C11H12N4/c12-8-14-9-15-6-3-11(7-15)10-1-4-13-5-2-10/h1-2,4-5,9,11H,3,6-7H2. The number of hydrogen-bond acceptors (Lipinski definition) is 3. The summed E-state index contributed by atoms with van der Waals surface area (Å²) in [5.74, 6) is 0.540. The summed E-state index contributed by atoms with van der Waals surface area (Å²) >= 11 is 0. The van der Waals surface area contributed by atoms with E-state index in [0.29, 0.717) is 5.92 Å². The van der Waals surface area contributed by atoms with E-state index in [1.807, 2.05) is 12.4 Å². The van der Waals surface area contributed by atoms with Gasteiger partial charge in [-0.05, 0) is 24.1 Å². The summed E-state index contributed by atoms with van der Waals surface area (Å²) in [7, 11) is 0. The molecule has 0 spiro atoms. The van der Waals surface area contributed by atoms with E-state index in [4.69, 9.17) is 5.26 Å². The summed E-state index contributed by atoms with van der Waals surface area (Å²) < 4.78 is 0.